The van der Waals surface area contributed by atoms with Crippen molar-refractivity contribution in [1.29, 1.82) is 0 Å². The van der Waals surface area contributed by atoms with Gasteiger partial charge in [-0.3, -0.25) is 4.79 Å². The summed E-state index contributed by atoms with van der Waals surface area (Å²) in [5.74, 6) is 1.13. The first-order valence-electron chi connectivity index (χ1n) is 12.8. The maximum atomic E-state index is 12.3. The van der Waals surface area contributed by atoms with E-state index in [1.165, 1.54) is 6.20 Å². The Morgan fingerprint density at radius 1 is 1.03 bits per heavy atom. The number of rotatable bonds is 10. The van der Waals surface area contributed by atoms with Crippen LogP contribution in [0.4, 0.5) is 0 Å². The second kappa shape index (κ2) is 13.5. The van der Waals surface area contributed by atoms with Gasteiger partial charge >= 0.3 is 0 Å². The minimum atomic E-state index is 0.164. The van der Waals surface area contributed by atoms with Crippen molar-refractivity contribution >= 4 is 25.0 Å². The first-order chi connectivity index (χ1) is 17.8. The minimum absolute atomic E-state index is 0.164. The highest BCUT2D eigenvalue weighted by Gasteiger charge is 2.22. The first kappa shape index (κ1) is 27.8. The summed E-state index contributed by atoms with van der Waals surface area (Å²) in [6.45, 7) is 6.84. The first-order valence-corrected chi connectivity index (χ1v) is 12.8. The van der Waals surface area contributed by atoms with Gasteiger partial charge in [0.15, 0.2) is 0 Å². The van der Waals surface area contributed by atoms with E-state index in [0.29, 0.717) is 30.1 Å². The van der Waals surface area contributed by atoms with E-state index < -0.39 is 0 Å². The van der Waals surface area contributed by atoms with E-state index in [1.54, 1.807) is 19.1 Å². The number of hydrogen-bond acceptors (Lipinski definition) is 5. The van der Waals surface area contributed by atoms with Crippen molar-refractivity contribution in [2.45, 2.75) is 59.5 Å². The lowest BCUT2D eigenvalue weighted by atomic mass is 9.93. The molecule has 1 aliphatic carbocycles. The molecule has 2 radical (unpaired) electrons. The molecule has 6 nitrogen and oxygen atoms in total. The quantitative estimate of drug-likeness (QED) is 0.210. The van der Waals surface area contributed by atoms with Crippen LogP contribution in [0.2, 0.25) is 0 Å². The number of benzene rings is 2. The van der Waals surface area contributed by atoms with Gasteiger partial charge in [-0.1, -0.05) is 66.4 Å². The molecule has 0 bridgehead atoms. The number of allylic oxidation sites excluding steroid dienone is 4. The standard InChI is InChI=1S/C30H37BN4O2/c1-20(2)26(25-10-6-7-11-28(25)36)16-29(35-21(3)27(31)17-32)33-18-22-12-14-23(15-13-22)19-34-30(37)24-8-4-5-9-24/h6-7,10-17,24,33,36H,4-5,8-9,18-19,32H2,1-3H3,(H,34,37)/b27-17?,29-16-,35-21?. The van der Waals surface area contributed by atoms with Crippen LogP contribution >= 0.6 is 0 Å². The van der Waals surface area contributed by atoms with Crippen LogP contribution in [0.25, 0.3) is 5.57 Å². The van der Waals surface area contributed by atoms with E-state index in [1.807, 2.05) is 56.3 Å². The van der Waals surface area contributed by atoms with Crippen molar-refractivity contribution in [3.63, 3.8) is 0 Å². The number of aliphatic imine (C=N–C) groups is 1. The molecule has 7 heteroatoms. The lowest BCUT2D eigenvalue weighted by molar-refractivity contribution is -0.124. The Kier molecular flexibility index (Phi) is 10.2. The number of para-hydroxylation sites is 1. The zero-order chi connectivity index (χ0) is 26.8. The molecule has 0 atom stereocenters. The SMILES string of the molecule is [B]C(=CN)C(C)=N/C(=C\C(=C(C)C)c1ccccc1O)NCc1ccc(CNC(=O)C2CCCC2)cc1. The number of carbonyl (C=O) groups excluding carboxylic acids is 1. The average molecular weight is 496 g/mol. The average Bonchev–Trinajstić information content (AvgIpc) is 3.44. The second-order valence-electron chi connectivity index (χ2n) is 9.65. The summed E-state index contributed by atoms with van der Waals surface area (Å²) in [6.07, 6.45) is 7.53. The molecule has 0 aromatic heterocycles. The summed E-state index contributed by atoms with van der Waals surface area (Å²) in [5.41, 5.74) is 11.3. The number of aromatic hydroxyl groups is 1. The summed E-state index contributed by atoms with van der Waals surface area (Å²) in [6, 6.07) is 15.4. The molecule has 0 saturated heterocycles. The van der Waals surface area contributed by atoms with Gasteiger partial charge in [0.05, 0.1) is 0 Å². The van der Waals surface area contributed by atoms with Gasteiger partial charge in [0.2, 0.25) is 5.91 Å². The number of carbonyl (C=O) groups is 1. The number of amides is 1. The van der Waals surface area contributed by atoms with Crippen LogP contribution in [-0.4, -0.2) is 24.6 Å². The van der Waals surface area contributed by atoms with Crippen molar-refractivity contribution < 1.29 is 9.90 Å². The normalized spacial score (nSPS) is 14.9. The molecule has 0 unspecified atom stereocenters. The fraction of sp³-hybridized carbons (Fsp3) is 0.333. The van der Waals surface area contributed by atoms with Gasteiger partial charge in [0.25, 0.3) is 0 Å². The van der Waals surface area contributed by atoms with Gasteiger partial charge in [-0.25, -0.2) is 4.99 Å². The van der Waals surface area contributed by atoms with E-state index in [9.17, 15) is 9.90 Å². The van der Waals surface area contributed by atoms with Crippen molar-refractivity contribution in [3.05, 3.63) is 94.4 Å². The van der Waals surface area contributed by atoms with Gasteiger partial charge in [-0.15, -0.1) is 0 Å². The van der Waals surface area contributed by atoms with Crippen molar-refractivity contribution in [2.24, 2.45) is 16.6 Å². The fourth-order valence-electron chi connectivity index (χ4n) is 4.31. The second-order valence-corrected chi connectivity index (χ2v) is 9.65. The lowest BCUT2D eigenvalue weighted by Crippen LogP contribution is -2.28. The molecule has 1 saturated carbocycles. The molecule has 37 heavy (non-hydrogen) atoms. The third-order valence-electron chi connectivity index (χ3n) is 6.59. The van der Waals surface area contributed by atoms with Crippen LogP contribution in [0, 0.1) is 5.92 Å². The summed E-state index contributed by atoms with van der Waals surface area (Å²) in [5, 5.41) is 16.9. The van der Waals surface area contributed by atoms with Crippen LogP contribution in [0.5, 0.6) is 5.75 Å². The Morgan fingerprint density at radius 2 is 1.62 bits per heavy atom. The van der Waals surface area contributed by atoms with Gasteiger partial charge in [-0.05, 0) is 68.7 Å². The number of nitrogens with one attached hydrogen (secondary N) is 2. The topological polar surface area (TPSA) is 99.7 Å². The maximum Gasteiger partial charge on any atom is 0.223 e. The fourth-order valence-corrected chi connectivity index (χ4v) is 4.31. The Labute approximate surface area is 221 Å². The van der Waals surface area contributed by atoms with E-state index in [4.69, 9.17) is 13.6 Å². The highest BCUT2D eigenvalue weighted by atomic mass is 16.3. The molecule has 2 aromatic carbocycles. The molecule has 5 N–H and O–H groups in total. The highest BCUT2D eigenvalue weighted by Crippen LogP contribution is 2.29. The molecule has 0 heterocycles. The monoisotopic (exact) mass is 496 g/mol. The third-order valence-corrected chi connectivity index (χ3v) is 6.59. The Balaban J connectivity index is 1.75. The third kappa shape index (κ3) is 8.14. The van der Waals surface area contributed by atoms with Crippen LogP contribution in [0.15, 0.2) is 82.7 Å². The predicted molar refractivity (Wildman–Crippen MR) is 153 cm³/mol. The lowest BCUT2D eigenvalue weighted by Gasteiger charge is -2.14. The summed E-state index contributed by atoms with van der Waals surface area (Å²) in [7, 11) is 5.97. The highest BCUT2D eigenvalue weighted by molar-refractivity contribution is 6.37. The van der Waals surface area contributed by atoms with E-state index in [-0.39, 0.29) is 17.6 Å². The zero-order valence-electron chi connectivity index (χ0n) is 22.1. The molecule has 0 spiro atoms. The molecule has 1 aliphatic rings. The van der Waals surface area contributed by atoms with Crippen molar-refractivity contribution in [1.82, 2.24) is 10.6 Å². The number of hydrogen-bond donors (Lipinski definition) is 4. The maximum absolute atomic E-state index is 12.3. The number of phenols is 1. The molecule has 3 rings (SSSR count). The van der Waals surface area contributed by atoms with Crippen LogP contribution in [0.3, 0.4) is 0 Å². The Hall–Kier alpha value is -3.74. The van der Waals surface area contributed by atoms with Crippen LogP contribution in [-0.2, 0) is 17.9 Å². The van der Waals surface area contributed by atoms with Gasteiger partial charge in [-0.2, -0.15) is 0 Å². The van der Waals surface area contributed by atoms with E-state index in [0.717, 1.165) is 53.5 Å². The Morgan fingerprint density at radius 3 is 2.19 bits per heavy atom. The number of nitrogens with two attached hydrogens (primary N) is 1. The minimum Gasteiger partial charge on any atom is -0.507 e. The number of phenolic OH excluding ortho intramolecular Hbond substituents is 1. The van der Waals surface area contributed by atoms with Gasteiger partial charge in [0, 0.05) is 30.3 Å². The molecule has 1 fully saturated rings. The van der Waals surface area contributed by atoms with Gasteiger partial charge in [0.1, 0.15) is 19.4 Å². The van der Waals surface area contributed by atoms with Crippen molar-refractivity contribution in [2.75, 3.05) is 0 Å². The van der Waals surface area contributed by atoms with Gasteiger partial charge < -0.3 is 21.5 Å². The summed E-state index contributed by atoms with van der Waals surface area (Å²) >= 11 is 0. The molecular formula is C30H37BN4O2. The van der Waals surface area contributed by atoms with Crippen LogP contribution < -0.4 is 16.4 Å². The zero-order valence-corrected chi connectivity index (χ0v) is 22.1. The molecule has 2 aromatic rings. The van der Waals surface area contributed by atoms with Crippen LogP contribution in [0.1, 0.15) is 63.1 Å². The summed E-state index contributed by atoms with van der Waals surface area (Å²) < 4.78 is 0. The number of nitrogens with zero attached hydrogens (tertiary/aromatic N) is 1. The molecule has 192 valence electrons. The predicted octanol–water partition coefficient (Wildman–Crippen LogP) is 5.05. The molecule has 1 amide bonds. The van der Waals surface area contributed by atoms with Crippen molar-refractivity contribution in [3.8, 4) is 5.75 Å². The van der Waals surface area contributed by atoms with E-state index in [2.05, 4.69) is 15.6 Å². The molecule has 0 aliphatic heterocycles. The Bertz CT molecular complexity index is 1200. The molecular weight excluding hydrogens is 459 g/mol. The summed E-state index contributed by atoms with van der Waals surface area (Å²) in [4.78, 5) is 17.0. The smallest absolute Gasteiger partial charge is 0.223 e. The van der Waals surface area contributed by atoms with E-state index >= 15 is 0 Å². The largest absolute Gasteiger partial charge is 0.507 e.